The Balaban J connectivity index is 1.19. The van der Waals surface area contributed by atoms with Crippen LogP contribution in [0, 0.1) is 11.2 Å². The standard InChI is InChI=1S/C30H44FN3O3/c1-21-6-5-16-33(21)24-10-7-22(8-11-24)23-9-12-26(25(31)20-23)34-19-15-30(27(34)35)13-17-32(18-14-30)28(36)37-29(2,3)4/h9,12,20-22,24H,5-8,10-11,13-19H2,1-4H3/t21-,22-,24-/m1/s1. The number of halogens is 1. The van der Waals surface area contributed by atoms with E-state index in [4.69, 9.17) is 4.74 Å². The molecule has 4 aliphatic rings. The average molecular weight is 514 g/mol. The molecule has 1 aliphatic carbocycles. The molecule has 0 bridgehead atoms. The first kappa shape index (κ1) is 26.5. The van der Waals surface area contributed by atoms with E-state index in [9.17, 15) is 9.59 Å². The maximum absolute atomic E-state index is 15.4. The highest BCUT2D eigenvalue weighted by molar-refractivity contribution is 6.00. The predicted molar refractivity (Wildman–Crippen MR) is 143 cm³/mol. The zero-order valence-electron chi connectivity index (χ0n) is 23.1. The molecular formula is C30H44FN3O3. The van der Waals surface area contributed by atoms with Crippen molar-refractivity contribution in [2.75, 3.05) is 31.1 Å². The first-order chi connectivity index (χ1) is 17.6. The van der Waals surface area contributed by atoms with Gasteiger partial charge in [-0.25, -0.2) is 9.18 Å². The molecule has 0 N–H and O–H groups in total. The number of likely N-dealkylation sites (tertiary alicyclic amines) is 2. The molecule has 2 amide bonds. The van der Waals surface area contributed by atoms with E-state index < -0.39 is 11.0 Å². The Morgan fingerprint density at radius 1 is 1.00 bits per heavy atom. The number of hydrogen-bond acceptors (Lipinski definition) is 4. The Labute approximate surface area is 221 Å². The third kappa shape index (κ3) is 5.39. The molecule has 0 radical (unpaired) electrons. The fraction of sp³-hybridized carbons (Fsp3) is 0.733. The first-order valence-electron chi connectivity index (χ1n) is 14.4. The summed E-state index contributed by atoms with van der Waals surface area (Å²) in [6.07, 6.45) is 8.78. The predicted octanol–water partition coefficient (Wildman–Crippen LogP) is 6.09. The highest BCUT2D eigenvalue weighted by Gasteiger charge is 2.49. The number of carbonyl (C=O) groups excluding carboxylic acids is 2. The second-order valence-electron chi connectivity index (χ2n) is 12.9. The third-order valence-electron chi connectivity index (χ3n) is 9.39. The van der Waals surface area contributed by atoms with Crippen molar-refractivity contribution < 1.29 is 18.7 Å². The van der Waals surface area contributed by atoms with Gasteiger partial charge in [0.15, 0.2) is 0 Å². The molecule has 3 heterocycles. The van der Waals surface area contributed by atoms with Crippen molar-refractivity contribution >= 4 is 17.7 Å². The first-order valence-corrected chi connectivity index (χ1v) is 14.4. The molecule has 1 saturated carbocycles. The lowest BCUT2D eigenvalue weighted by atomic mass is 9.77. The molecule has 6 nitrogen and oxygen atoms in total. The van der Waals surface area contributed by atoms with Crippen LogP contribution in [-0.2, 0) is 9.53 Å². The van der Waals surface area contributed by atoms with Gasteiger partial charge in [0.1, 0.15) is 11.4 Å². The lowest BCUT2D eigenvalue weighted by Gasteiger charge is -2.38. The number of amides is 2. The van der Waals surface area contributed by atoms with E-state index in [1.54, 1.807) is 15.9 Å². The molecule has 1 aromatic rings. The number of anilines is 1. The minimum atomic E-state index is -0.540. The number of piperidine rings is 1. The third-order valence-corrected chi connectivity index (χ3v) is 9.39. The van der Waals surface area contributed by atoms with Gasteiger partial charge in [-0.3, -0.25) is 9.69 Å². The molecule has 204 valence electrons. The molecule has 1 atom stereocenters. The summed E-state index contributed by atoms with van der Waals surface area (Å²) < 4.78 is 20.9. The number of nitrogens with zero attached hydrogens (tertiary/aromatic N) is 3. The van der Waals surface area contributed by atoms with Gasteiger partial charge < -0.3 is 14.5 Å². The van der Waals surface area contributed by atoms with Crippen molar-refractivity contribution in [3.63, 3.8) is 0 Å². The van der Waals surface area contributed by atoms with Gasteiger partial charge in [0.2, 0.25) is 5.91 Å². The highest BCUT2D eigenvalue weighted by Crippen LogP contribution is 2.44. The minimum Gasteiger partial charge on any atom is -0.444 e. The summed E-state index contributed by atoms with van der Waals surface area (Å²) in [4.78, 5) is 32.0. The fourth-order valence-electron chi connectivity index (χ4n) is 7.19. The van der Waals surface area contributed by atoms with Crippen LogP contribution >= 0.6 is 0 Å². The summed E-state index contributed by atoms with van der Waals surface area (Å²) in [5.74, 6) is 0.114. The number of benzene rings is 1. The van der Waals surface area contributed by atoms with Crippen LogP contribution in [0.15, 0.2) is 18.2 Å². The van der Waals surface area contributed by atoms with Crippen molar-refractivity contribution in [1.29, 1.82) is 0 Å². The summed E-state index contributed by atoms with van der Waals surface area (Å²) in [5, 5.41) is 0. The lowest BCUT2D eigenvalue weighted by molar-refractivity contribution is -0.128. The summed E-state index contributed by atoms with van der Waals surface area (Å²) >= 11 is 0. The SMILES string of the molecule is C[C@@H]1CCCN1[C@H]1CC[C@H](c2ccc(N3CCC4(CCN(C(=O)OC(C)(C)C)CC4)C3=O)c(F)c2)CC1. The second-order valence-corrected chi connectivity index (χ2v) is 12.9. The molecule has 0 aromatic heterocycles. The Hall–Kier alpha value is -2.15. The monoisotopic (exact) mass is 513 g/mol. The number of carbonyl (C=O) groups is 2. The maximum atomic E-state index is 15.4. The van der Waals surface area contributed by atoms with Crippen LogP contribution < -0.4 is 4.90 Å². The average Bonchev–Trinajstić information content (AvgIpc) is 3.42. The van der Waals surface area contributed by atoms with E-state index in [0.29, 0.717) is 62.6 Å². The molecule has 4 fully saturated rings. The van der Waals surface area contributed by atoms with Gasteiger partial charge in [0.05, 0.1) is 11.1 Å². The van der Waals surface area contributed by atoms with Gasteiger partial charge in [-0.2, -0.15) is 0 Å². The quantitative estimate of drug-likeness (QED) is 0.491. The summed E-state index contributed by atoms with van der Waals surface area (Å²) in [6, 6.07) is 6.93. The summed E-state index contributed by atoms with van der Waals surface area (Å²) in [6.45, 7) is 10.7. The van der Waals surface area contributed by atoms with Crippen LogP contribution in [0.3, 0.4) is 0 Å². The zero-order valence-corrected chi connectivity index (χ0v) is 23.1. The summed E-state index contributed by atoms with van der Waals surface area (Å²) in [5.41, 5.74) is 0.428. The highest BCUT2D eigenvalue weighted by atomic mass is 19.1. The fourth-order valence-corrected chi connectivity index (χ4v) is 7.19. The molecular weight excluding hydrogens is 469 g/mol. The summed E-state index contributed by atoms with van der Waals surface area (Å²) in [7, 11) is 0. The van der Waals surface area contributed by atoms with Gasteiger partial charge in [-0.15, -0.1) is 0 Å². The van der Waals surface area contributed by atoms with E-state index >= 15 is 4.39 Å². The Kier molecular flexibility index (Phi) is 7.29. The van der Waals surface area contributed by atoms with Crippen LogP contribution in [0.1, 0.15) is 97.0 Å². The molecule has 1 spiro atoms. The lowest BCUT2D eigenvalue weighted by Crippen LogP contribution is -2.48. The van der Waals surface area contributed by atoms with Crippen LogP contribution in [0.2, 0.25) is 0 Å². The Bertz CT molecular complexity index is 1010. The van der Waals surface area contributed by atoms with Gasteiger partial charge in [-0.05, 0) is 116 Å². The maximum Gasteiger partial charge on any atom is 0.410 e. The molecule has 5 rings (SSSR count). The van der Waals surface area contributed by atoms with Crippen LogP contribution in [-0.4, -0.2) is 65.7 Å². The minimum absolute atomic E-state index is 0.00299. The molecule has 7 heteroatoms. The molecule has 3 aliphatic heterocycles. The van der Waals surface area contributed by atoms with Crippen LogP contribution in [0.5, 0.6) is 0 Å². The Morgan fingerprint density at radius 3 is 2.27 bits per heavy atom. The zero-order chi connectivity index (χ0) is 26.4. The molecule has 1 aromatic carbocycles. The van der Waals surface area contributed by atoms with Crippen molar-refractivity contribution in [3.05, 3.63) is 29.6 Å². The topological polar surface area (TPSA) is 53.1 Å². The van der Waals surface area contributed by atoms with Crippen molar-refractivity contribution in [1.82, 2.24) is 9.80 Å². The number of ether oxygens (including phenoxy) is 1. The van der Waals surface area contributed by atoms with Gasteiger partial charge in [0, 0.05) is 31.7 Å². The molecule has 37 heavy (non-hydrogen) atoms. The normalized spacial score (nSPS) is 28.8. The van der Waals surface area contributed by atoms with E-state index in [0.717, 1.165) is 18.4 Å². The smallest absolute Gasteiger partial charge is 0.410 e. The largest absolute Gasteiger partial charge is 0.444 e. The van der Waals surface area contributed by atoms with E-state index in [1.165, 1.54) is 32.2 Å². The van der Waals surface area contributed by atoms with E-state index in [-0.39, 0.29) is 17.8 Å². The van der Waals surface area contributed by atoms with Crippen molar-refractivity contribution in [2.24, 2.45) is 5.41 Å². The van der Waals surface area contributed by atoms with Crippen LogP contribution in [0.4, 0.5) is 14.9 Å². The van der Waals surface area contributed by atoms with Gasteiger partial charge in [-0.1, -0.05) is 6.07 Å². The van der Waals surface area contributed by atoms with Gasteiger partial charge in [0.25, 0.3) is 0 Å². The second kappa shape index (κ2) is 10.2. The Morgan fingerprint density at radius 2 is 1.68 bits per heavy atom. The van der Waals surface area contributed by atoms with Gasteiger partial charge >= 0.3 is 6.09 Å². The number of hydrogen-bond donors (Lipinski definition) is 0. The van der Waals surface area contributed by atoms with E-state index in [2.05, 4.69) is 11.8 Å². The van der Waals surface area contributed by atoms with Crippen molar-refractivity contribution in [3.8, 4) is 0 Å². The number of rotatable bonds is 3. The van der Waals surface area contributed by atoms with E-state index in [1.807, 2.05) is 32.9 Å². The molecule has 0 unspecified atom stereocenters. The van der Waals surface area contributed by atoms with Crippen LogP contribution in [0.25, 0.3) is 0 Å². The van der Waals surface area contributed by atoms with Crippen molar-refractivity contribution in [2.45, 2.75) is 109 Å². The molecule has 3 saturated heterocycles.